The average Bonchev–Trinajstić information content (AvgIpc) is 3.13. The van der Waals surface area contributed by atoms with Crippen LogP contribution in [-0.4, -0.2) is 37.0 Å². The van der Waals surface area contributed by atoms with Gasteiger partial charge in [-0.25, -0.2) is 9.18 Å². The first-order chi connectivity index (χ1) is 15.9. The summed E-state index contributed by atoms with van der Waals surface area (Å²) in [6.45, 7) is 2.39. The first kappa shape index (κ1) is 24.3. The van der Waals surface area contributed by atoms with Crippen molar-refractivity contribution in [2.24, 2.45) is 10.2 Å². The number of amidine groups is 1. The van der Waals surface area contributed by atoms with Gasteiger partial charge in [-0.05, 0) is 54.6 Å². The molecular formula is C22H19ClFN3O5S. The summed E-state index contributed by atoms with van der Waals surface area (Å²) in [5.41, 5.74) is 1.31. The van der Waals surface area contributed by atoms with E-state index >= 15 is 0 Å². The maximum absolute atomic E-state index is 13.2. The molecule has 0 aromatic heterocycles. The van der Waals surface area contributed by atoms with E-state index in [4.69, 9.17) is 21.1 Å². The summed E-state index contributed by atoms with van der Waals surface area (Å²) in [6, 6.07) is 9.27. The Kier molecular flexibility index (Phi) is 8.45. The molecule has 2 aromatic rings. The van der Waals surface area contributed by atoms with Gasteiger partial charge in [0, 0.05) is 11.6 Å². The van der Waals surface area contributed by atoms with E-state index in [0.29, 0.717) is 29.2 Å². The Morgan fingerprint density at radius 3 is 2.76 bits per heavy atom. The summed E-state index contributed by atoms with van der Waals surface area (Å²) in [5.74, 6) is -0.543. The number of esters is 1. The molecule has 1 aliphatic rings. The molecule has 11 heteroatoms. The lowest BCUT2D eigenvalue weighted by Gasteiger charge is -2.13. The van der Waals surface area contributed by atoms with Crippen LogP contribution in [-0.2, 0) is 20.9 Å². The van der Waals surface area contributed by atoms with Crippen molar-refractivity contribution in [1.29, 1.82) is 0 Å². The summed E-state index contributed by atoms with van der Waals surface area (Å²) < 4.78 is 29.2. The standard InChI is InChI=1S/C22H19ClFN3O5S/c1-3-31-18-8-13(4-7-17(18)32-12-14-5-6-15(24)9-16(14)23)11-25-27-22-26-21(29)19(33-22)10-20(28)30-2/h4-11H,3,12H2,1-2H3,(H,26,27,29)/b19-10+,25-11?. The van der Waals surface area contributed by atoms with Gasteiger partial charge < -0.3 is 14.2 Å². The minimum absolute atomic E-state index is 0.138. The van der Waals surface area contributed by atoms with Crippen molar-refractivity contribution in [3.63, 3.8) is 0 Å². The molecule has 8 nitrogen and oxygen atoms in total. The fourth-order valence-corrected chi connectivity index (χ4v) is 3.54. The Morgan fingerprint density at radius 2 is 2.03 bits per heavy atom. The number of rotatable bonds is 8. The largest absolute Gasteiger partial charge is 0.490 e. The fraction of sp³-hybridized carbons (Fsp3) is 0.182. The van der Waals surface area contributed by atoms with Crippen LogP contribution in [0.15, 0.2) is 57.6 Å². The Bertz CT molecular complexity index is 1150. The number of carbonyl (C=O) groups is 2. The molecule has 0 bridgehead atoms. The van der Waals surface area contributed by atoms with Crippen molar-refractivity contribution in [3.05, 3.63) is 69.3 Å². The van der Waals surface area contributed by atoms with Gasteiger partial charge in [-0.15, -0.1) is 5.10 Å². The monoisotopic (exact) mass is 491 g/mol. The normalized spacial score (nSPS) is 15.8. The van der Waals surface area contributed by atoms with Gasteiger partial charge in [0.05, 0.1) is 29.9 Å². The van der Waals surface area contributed by atoms with E-state index in [0.717, 1.165) is 17.8 Å². The van der Waals surface area contributed by atoms with E-state index < -0.39 is 17.7 Å². The second-order valence-corrected chi connectivity index (χ2v) is 7.84. The van der Waals surface area contributed by atoms with Gasteiger partial charge in [-0.1, -0.05) is 17.7 Å². The highest BCUT2D eigenvalue weighted by molar-refractivity contribution is 8.18. The molecule has 1 saturated heterocycles. The number of nitrogens with one attached hydrogen (secondary N) is 1. The van der Waals surface area contributed by atoms with Gasteiger partial charge in [0.1, 0.15) is 12.4 Å². The molecular weight excluding hydrogens is 473 g/mol. The minimum Gasteiger partial charge on any atom is -0.490 e. The highest BCUT2D eigenvalue weighted by Gasteiger charge is 2.25. The summed E-state index contributed by atoms with van der Waals surface area (Å²) >= 11 is 7.02. The maximum Gasteiger partial charge on any atom is 0.331 e. The number of nitrogens with zero attached hydrogens (tertiary/aromatic N) is 2. The van der Waals surface area contributed by atoms with Crippen LogP contribution in [0.1, 0.15) is 18.1 Å². The zero-order valence-corrected chi connectivity index (χ0v) is 19.2. The third-order valence-electron chi connectivity index (χ3n) is 4.12. The molecule has 33 heavy (non-hydrogen) atoms. The lowest BCUT2D eigenvalue weighted by molar-refractivity contribution is -0.135. The van der Waals surface area contributed by atoms with Crippen LogP contribution < -0.4 is 14.8 Å². The number of methoxy groups -OCH3 is 1. The molecule has 2 aromatic carbocycles. The molecule has 1 heterocycles. The second-order valence-electron chi connectivity index (χ2n) is 6.40. The van der Waals surface area contributed by atoms with Gasteiger partial charge in [0.15, 0.2) is 16.7 Å². The smallest absolute Gasteiger partial charge is 0.331 e. The van der Waals surface area contributed by atoms with Crippen LogP contribution >= 0.6 is 23.4 Å². The topological polar surface area (TPSA) is 98.6 Å². The summed E-state index contributed by atoms with van der Waals surface area (Å²) in [6.07, 6.45) is 2.56. The molecule has 1 aliphatic heterocycles. The first-order valence-corrected chi connectivity index (χ1v) is 10.8. The number of benzene rings is 2. The number of amides is 1. The zero-order valence-electron chi connectivity index (χ0n) is 17.6. The molecule has 1 amide bonds. The van der Waals surface area contributed by atoms with E-state index in [1.165, 1.54) is 25.5 Å². The molecule has 172 valence electrons. The Morgan fingerprint density at radius 1 is 1.21 bits per heavy atom. The van der Waals surface area contributed by atoms with Crippen molar-refractivity contribution < 1.29 is 28.2 Å². The van der Waals surface area contributed by atoms with Crippen molar-refractivity contribution in [2.75, 3.05) is 13.7 Å². The lowest BCUT2D eigenvalue weighted by Crippen LogP contribution is -2.19. The van der Waals surface area contributed by atoms with Crippen LogP contribution in [0.4, 0.5) is 4.39 Å². The van der Waals surface area contributed by atoms with Crippen molar-refractivity contribution >= 4 is 46.6 Å². The third-order valence-corrected chi connectivity index (χ3v) is 5.37. The Hall–Kier alpha value is -3.37. The molecule has 1 N–H and O–H groups in total. The predicted octanol–water partition coefficient (Wildman–Crippen LogP) is 4.07. The highest BCUT2D eigenvalue weighted by Crippen LogP contribution is 2.30. The molecule has 0 aliphatic carbocycles. The number of ether oxygens (including phenoxy) is 3. The van der Waals surface area contributed by atoms with Gasteiger partial charge in [-0.2, -0.15) is 5.10 Å². The van der Waals surface area contributed by atoms with Crippen molar-refractivity contribution in [2.45, 2.75) is 13.5 Å². The van der Waals surface area contributed by atoms with Gasteiger partial charge in [0.2, 0.25) is 0 Å². The average molecular weight is 492 g/mol. The first-order valence-electron chi connectivity index (χ1n) is 9.63. The predicted molar refractivity (Wildman–Crippen MR) is 124 cm³/mol. The minimum atomic E-state index is -0.634. The van der Waals surface area contributed by atoms with Crippen LogP contribution in [0.3, 0.4) is 0 Å². The molecule has 0 atom stereocenters. The fourth-order valence-electron chi connectivity index (χ4n) is 2.58. The number of hydrogen-bond donors (Lipinski definition) is 1. The summed E-state index contributed by atoms with van der Waals surface area (Å²) in [4.78, 5) is 23.3. The molecule has 3 rings (SSSR count). The van der Waals surface area contributed by atoms with Crippen LogP contribution in [0.5, 0.6) is 11.5 Å². The number of halogens is 2. The number of thioether (sulfide) groups is 1. The van der Waals surface area contributed by atoms with E-state index in [-0.39, 0.29) is 21.7 Å². The van der Waals surface area contributed by atoms with Gasteiger partial charge >= 0.3 is 5.97 Å². The molecule has 0 saturated carbocycles. The highest BCUT2D eigenvalue weighted by atomic mass is 35.5. The lowest BCUT2D eigenvalue weighted by atomic mass is 10.2. The molecule has 1 fully saturated rings. The SMILES string of the molecule is CCOc1cc(C=N/N=C2/NC(=O)/C(=C\C(=O)OC)S2)ccc1OCc1ccc(F)cc1Cl. The Balaban J connectivity index is 1.69. The molecule has 0 unspecified atom stereocenters. The summed E-state index contributed by atoms with van der Waals surface area (Å²) in [5, 5.41) is 10.9. The number of carbonyl (C=O) groups excluding carboxylic acids is 2. The maximum atomic E-state index is 13.2. The van der Waals surface area contributed by atoms with Gasteiger partial charge in [0.25, 0.3) is 5.91 Å². The van der Waals surface area contributed by atoms with Crippen LogP contribution in [0.2, 0.25) is 5.02 Å². The van der Waals surface area contributed by atoms with Crippen LogP contribution in [0.25, 0.3) is 0 Å². The summed E-state index contributed by atoms with van der Waals surface area (Å²) in [7, 11) is 1.22. The second kappa shape index (κ2) is 11.5. The van der Waals surface area contributed by atoms with E-state index in [2.05, 4.69) is 20.3 Å². The quantitative estimate of drug-likeness (QED) is 0.259. The molecule has 0 spiro atoms. The van der Waals surface area contributed by atoms with Crippen LogP contribution in [0, 0.1) is 5.82 Å². The van der Waals surface area contributed by atoms with Gasteiger partial charge in [-0.3, -0.25) is 10.1 Å². The van der Waals surface area contributed by atoms with Crippen molar-refractivity contribution in [3.8, 4) is 11.5 Å². The number of hydrogen-bond acceptors (Lipinski definition) is 8. The zero-order chi connectivity index (χ0) is 23.8. The van der Waals surface area contributed by atoms with E-state index in [1.807, 2.05) is 6.92 Å². The molecule has 0 radical (unpaired) electrons. The third kappa shape index (κ3) is 6.80. The van der Waals surface area contributed by atoms with E-state index in [9.17, 15) is 14.0 Å². The Labute approximate surface area is 198 Å². The van der Waals surface area contributed by atoms with Crippen molar-refractivity contribution in [1.82, 2.24) is 5.32 Å². The van der Waals surface area contributed by atoms with E-state index in [1.54, 1.807) is 24.3 Å².